The van der Waals surface area contributed by atoms with E-state index in [2.05, 4.69) is 5.32 Å². The Morgan fingerprint density at radius 2 is 1.81 bits per heavy atom. The summed E-state index contributed by atoms with van der Waals surface area (Å²) in [5.41, 5.74) is -0.133. The van der Waals surface area contributed by atoms with Crippen LogP contribution >= 0.6 is 0 Å². The number of pyridine rings is 1. The number of carbonyl (C=O) groups is 1. The van der Waals surface area contributed by atoms with Gasteiger partial charge in [-0.2, -0.15) is 0 Å². The fourth-order valence-corrected chi connectivity index (χ4v) is 4.21. The largest absolute Gasteiger partial charge is 1.00 e. The number of benzene rings is 1. The summed E-state index contributed by atoms with van der Waals surface area (Å²) in [6.07, 6.45) is 4.52. The zero-order valence-corrected chi connectivity index (χ0v) is 17.6. The zero-order chi connectivity index (χ0) is 18.7. The predicted molar refractivity (Wildman–Crippen MR) is 95.2 cm³/mol. The van der Waals surface area contributed by atoms with Gasteiger partial charge in [-0.15, -0.1) is 0 Å². The number of sulfonamides is 1. The minimum absolute atomic E-state index is 0. The van der Waals surface area contributed by atoms with Gasteiger partial charge in [0, 0.05) is 37.7 Å². The smallest absolute Gasteiger partial charge is 0.272 e. The lowest BCUT2D eigenvalue weighted by atomic mass is 10.1. The van der Waals surface area contributed by atoms with E-state index in [4.69, 9.17) is 0 Å². The van der Waals surface area contributed by atoms with Crippen LogP contribution in [-0.2, 0) is 21.4 Å². The molecule has 0 saturated heterocycles. The van der Waals surface area contributed by atoms with Crippen LogP contribution in [0.2, 0.25) is 0 Å². The summed E-state index contributed by atoms with van der Waals surface area (Å²) in [4.78, 5) is 12.5. The lowest BCUT2D eigenvalue weighted by Gasteiger charge is -2.28. The van der Waals surface area contributed by atoms with Gasteiger partial charge in [0.2, 0.25) is 0 Å². The Morgan fingerprint density at radius 3 is 2.52 bits per heavy atom. The monoisotopic (exact) mass is 501 g/mol. The van der Waals surface area contributed by atoms with Crippen LogP contribution in [0.15, 0.2) is 65.5 Å². The molecule has 2 N–H and O–H groups in total. The van der Waals surface area contributed by atoms with E-state index in [1.54, 1.807) is 12.1 Å². The average Bonchev–Trinajstić information content (AvgIpc) is 2.65. The number of hydrogen-bond acceptors (Lipinski definition) is 4. The second kappa shape index (κ2) is 8.70. The molecule has 2 aromatic rings. The fraction of sp³-hybridized carbons (Fsp3) is 0.222. The molecule has 0 atom stereocenters. The molecule has 0 fully saturated rings. The number of aromatic nitrogens is 1. The Hall–Kier alpha value is -2.14. The van der Waals surface area contributed by atoms with Gasteiger partial charge in [-0.05, 0) is 12.1 Å². The third kappa shape index (κ3) is 4.24. The van der Waals surface area contributed by atoms with Crippen molar-refractivity contribution in [1.29, 1.82) is 0 Å². The summed E-state index contributed by atoms with van der Waals surface area (Å²) in [6.45, 7) is 1.07. The number of aliphatic hydroxyl groups excluding tert-OH is 1. The standard InChI is InChI=1S/C18H19N3O4S.HI/c1-20-16(17(22)14-8-3-4-9-15(14)26(20,24)25)18(23)19-10-7-13-21-11-5-2-6-12-21;/h2-6,8-9,11-12H,7,10,13H2,1H3,(H-,19,22,23);1H. The Morgan fingerprint density at radius 1 is 1.15 bits per heavy atom. The van der Waals surface area contributed by atoms with Crippen LogP contribution in [0.3, 0.4) is 0 Å². The SMILES string of the molecule is CN1C(C(=O)NCCC[n+]2ccccc2)=C(O)c2ccccc2S1(=O)=O.[I-]. The van der Waals surface area contributed by atoms with Gasteiger partial charge < -0.3 is 34.4 Å². The first-order chi connectivity index (χ1) is 12.4. The number of halogens is 1. The number of nitrogens with one attached hydrogen (secondary N) is 1. The summed E-state index contributed by atoms with van der Waals surface area (Å²) >= 11 is 0. The molecule has 0 saturated carbocycles. The molecule has 144 valence electrons. The van der Waals surface area contributed by atoms with Crippen molar-refractivity contribution < 1.29 is 46.9 Å². The normalized spacial score (nSPS) is 14.9. The number of nitrogens with zero attached hydrogens (tertiary/aromatic N) is 2. The molecule has 0 bridgehead atoms. The van der Waals surface area contributed by atoms with E-state index >= 15 is 0 Å². The van der Waals surface area contributed by atoms with Gasteiger partial charge >= 0.3 is 0 Å². The molecule has 7 nitrogen and oxygen atoms in total. The molecule has 2 heterocycles. The maximum Gasteiger partial charge on any atom is 0.272 e. The molecule has 0 spiro atoms. The fourth-order valence-electron chi connectivity index (χ4n) is 2.81. The number of likely N-dealkylation sites (N-methyl/N-ethyl adjacent to an activating group) is 1. The highest BCUT2D eigenvalue weighted by atomic mass is 127. The van der Waals surface area contributed by atoms with Gasteiger partial charge in [-0.3, -0.25) is 9.10 Å². The van der Waals surface area contributed by atoms with Crippen LogP contribution in [0.5, 0.6) is 0 Å². The second-order valence-electron chi connectivity index (χ2n) is 5.89. The first kappa shape index (κ1) is 21.2. The van der Waals surface area contributed by atoms with E-state index in [1.165, 1.54) is 19.2 Å². The number of amides is 1. The number of rotatable bonds is 5. The van der Waals surface area contributed by atoms with Crippen molar-refractivity contribution in [3.05, 3.63) is 66.1 Å². The van der Waals surface area contributed by atoms with Crippen LogP contribution in [0.4, 0.5) is 0 Å². The summed E-state index contributed by atoms with van der Waals surface area (Å²) < 4.78 is 28.0. The van der Waals surface area contributed by atoms with Crippen molar-refractivity contribution in [3.8, 4) is 0 Å². The summed E-state index contributed by atoms with van der Waals surface area (Å²) in [6, 6.07) is 11.8. The summed E-state index contributed by atoms with van der Waals surface area (Å²) in [5.74, 6) is -0.964. The number of aryl methyl sites for hydroxylation is 1. The molecule has 0 unspecified atom stereocenters. The molecule has 1 aromatic heterocycles. The second-order valence-corrected chi connectivity index (χ2v) is 7.83. The van der Waals surface area contributed by atoms with Crippen molar-refractivity contribution in [1.82, 2.24) is 9.62 Å². The van der Waals surface area contributed by atoms with Crippen LogP contribution in [0.25, 0.3) is 5.76 Å². The van der Waals surface area contributed by atoms with E-state index in [0.29, 0.717) is 19.5 Å². The minimum atomic E-state index is -3.87. The maximum absolute atomic E-state index is 12.6. The van der Waals surface area contributed by atoms with Crippen LogP contribution in [0, 0.1) is 0 Å². The van der Waals surface area contributed by atoms with Crippen molar-refractivity contribution in [3.63, 3.8) is 0 Å². The third-order valence-electron chi connectivity index (χ3n) is 4.19. The van der Waals surface area contributed by atoms with Crippen molar-refractivity contribution in [2.75, 3.05) is 13.6 Å². The first-order valence-corrected chi connectivity index (χ1v) is 9.61. The Labute approximate surface area is 175 Å². The quantitative estimate of drug-likeness (QED) is 0.283. The molecule has 0 radical (unpaired) electrons. The lowest BCUT2D eigenvalue weighted by Crippen LogP contribution is -3.00. The maximum atomic E-state index is 12.6. The van der Waals surface area contributed by atoms with Crippen LogP contribution in [0.1, 0.15) is 12.0 Å². The molecule has 1 amide bonds. The van der Waals surface area contributed by atoms with Gasteiger partial charge in [0.15, 0.2) is 23.8 Å². The minimum Gasteiger partial charge on any atom is -1.00 e. The highest BCUT2D eigenvalue weighted by Crippen LogP contribution is 2.34. The number of fused-ring (bicyclic) bond motifs is 1. The Kier molecular flexibility index (Phi) is 6.82. The molecule has 0 aliphatic carbocycles. The van der Waals surface area contributed by atoms with Crippen molar-refractivity contribution in [2.24, 2.45) is 0 Å². The molecule has 1 aliphatic rings. The number of aliphatic hydroxyl groups is 1. The molecule has 9 heteroatoms. The van der Waals surface area contributed by atoms with E-state index in [9.17, 15) is 18.3 Å². The van der Waals surface area contributed by atoms with Gasteiger partial charge in [0.05, 0.1) is 4.90 Å². The van der Waals surface area contributed by atoms with E-state index in [1.807, 2.05) is 35.2 Å². The topological polar surface area (TPSA) is 90.6 Å². The molecule has 1 aromatic carbocycles. The Balaban J connectivity index is 0.00000261. The van der Waals surface area contributed by atoms with Crippen LogP contribution in [-0.4, -0.2) is 37.3 Å². The van der Waals surface area contributed by atoms with Gasteiger partial charge in [0.25, 0.3) is 15.9 Å². The van der Waals surface area contributed by atoms with Gasteiger partial charge in [0.1, 0.15) is 6.54 Å². The van der Waals surface area contributed by atoms with Gasteiger partial charge in [-0.1, -0.05) is 18.2 Å². The lowest BCUT2D eigenvalue weighted by molar-refractivity contribution is -0.697. The molecular formula is C18H20IN3O4S. The first-order valence-electron chi connectivity index (χ1n) is 8.17. The van der Waals surface area contributed by atoms with Crippen molar-refractivity contribution in [2.45, 2.75) is 17.9 Å². The molecule has 1 aliphatic heterocycles. The van der Waals surface area contributed by atoms with Crippen molar-refractivity contribution >= 4 is 21.7 Å². The number of carbonyl (C=O) groups excluding carboxylic acids is 1. The summed E-state index contributed by atoms with van der Waals surface area (Å²) in [7, 11) is -2.61. The highest BCUT2D eigenvalue weighted by molar-refractivity contribution is 7.89. The van der Waals surface area contributed by atoms with E-state index in [-0.39, 0.29) is 45.9 Å². The predicted octanol–water partition coefficient (Wildman–Crippen LogP) is -1.95. The van der Waals surface area contributed by atoms with Crippen LogP contribution < -0.4 is 33.9 Å². The van der Waals surface area contributed by atoms with E-state index in [0.717, 1.165) is 4.31 Å². The third-order valence-corrected chi connectivity index (χ3v) is 6.01. The van der Waals surface area contributed by atoms with Gasteiger partial charge in [-0.25, -0.2) is 13.0 Å². The zero-order valence-electron chi connectivity index (χ0n) is 14.7. The highest BCUT2D eigenvalue weighted by Gasteiger charge is 2.37. The summed E-state index contributed by atoms with van der Waals surface area (Å²) in [5, 5.41) is 13.1. The molecular weight excluding hydrogens is 481 g/mol. The molecule has 3 rings (SSSR count). The van der Waals surface area contributed by atoms with E-state index < -0.39 is 15.9 Å². The average molecular weight is 501 g/mol. The molecule has 27 heavy (non-hydrogen) atoms. The number of hydrogen-bond donors (Lipinski definition) is 2. The Bertz CT molecular complexity index is 962.